The van der Waals surface area contributed by atoms with E-state index in [2.05, 4.69) is 34.5 Å². The number of nitrogens with zero attached hydrogens (tertiary/aromatic N) is 1. The molecule has 2 aromatic rings. The van der Waals surface area contributed by atoms with Crippen molar-refractivity contribution in [1.29, 1.82) is 0 Å². The number of nitrogens with one attached hydrogen (secondary N) is 1. The SMILES string of the molecule is CC(Oc1ccc(Cl)cc1)C(=O)NC1CCN(Cc2ccccc2)CC1. The number of carbonyl (C=O) groups is 1. The van der Waals surface area contributed by atoms with Crippen LogP contribution in [-0.4, -0.2) is 36.0 Å². The van der Waals surface area contributed by atoms with Gasteiger partial charge in [-0.15, -0.1) is 0 Å². The summed E-state index contributed by atoms with van der Waals surface area (Å²) < 4.78 is 5.69. The first-order valence-corrected chi connectivity index (χ1v) is 9.47. The van der Waals surface area contributed by atoms with Gasteiger partial charge in [0.15, 0.2) is 6.10 Å². The summed E-state index contributed by atoms with van der Waals surface area (Å²) in [4.78, 5) is 14.8. The molecule has 1 N–H and O–H groups in total. The molecular weight excluding hydrogens is 348 g/mol. The zero-order valence-electron chi connectivity index (χ0n) is 15.0. The third-order valence-electron chi connectivity index (χ3n) is 4.68. The molecule has 0 bridgehead atoms. The van der Waals surface area contributed by atoms with Crippen LogP contribution in [0.5, 0.6) is 5.75 Å². The zero-order valence-corrected chi connectivity index (χ0v) is 15.8. The summed E-state index contributed by atoms with van der Waals surface area (Å²) in [5.74, 6) is 0.580. The number of carbonyl (C=O) groups excluding carboxylic acids is 1. The minimum Gasteiger partial charge on any atom is -0.481 e. The predicted molar refractivity (Wildman–Crippen MR) is 104 cm³/mol. The number of amides is 1. The highest BCUT2D eigenvalue weighted by molar-refractivity contribution is 6.30. The highest BCUT2D eigenvalue weighted by Crippen LogP contribution is 2.18. The van der Waals surface area contributed by atoms with Crippen molar-refractivity contribution < 1.29 is 9.53 Å². The van der Waals surface area contributed by atoms with Gasteiger partial charge in [0.1, 0.15) is 5.75 Å². The van der Waals surface area contributed by atoms with E-state index >= 15 is 0 Å². The summed E-state index contributed by atoms with van der Waals surface area (Å²) >= 11 is 5.86. The molecule has 2 aromatic carbocycles. The van der Waals surface area contributed by atoms with Crippen molar-refractivity contribution >= 4 is 17.5 Å². The van der Waals surface area contributed by atoms with Crippen LogP contribution < -0.4 is 10.1 Å². The molecule has 1 unspecified atom stereocenters. The van der Waals surface area contributed by atoms with Crippen molar-refractivity contribution in [3.63, 3.8) is 0 Å². The first-order chi connectivity index (χ1) is 12.6. The molecule has 1 atom stereocenters. The maximum atomic E-state index is 12.4. The molecule has 5 heteroatoms. The molecule has 1 amide bonds. The monoisotopic (exact) mass is 372 g/mol. The Morgan fingerprint density at radius 3 is 2.46 bits per heavy atom. The summed E-state index contributed by atoms with van der Waals surface area (Å²) in [7, 11) is 0. The number of likely N-dealkylation sites (tertiary alicyclic amines) is 1. The highest BCUT2D eigenvalue weighted by atomic mass is 35.5. The fraction of sp³-hybridized carbons (Fsp3) is 0.381. The molecule has 26 heavy (non-hydrogen) atoms. The van der Waals surface area contributed by atoms with E-state index < -0.39 is 6.10 Å². The van der Waals surface area contributed by atoms with Gasteiger partial charge >= 0.3 is 0 Å². The minimum atomic E-state index is -0.529. The molecule has 3 rings (SSSR count). The van der Waals surface area contributed by atoms with Crippen LogP contribution in [-0.2, 0) is 11.3 Å². The summed E-state index contributed by atoms with van der Waals surface area (Å²) in [6.45, 7) is 4.73. The van der Waals surface area contributed by atoms with Gasteiger partial charge in [0, 0.05) is 30.7 Å². The fourth-order valence-corrected chi connectivity index (χ4v) is 3.29. The maximum Gasteiger partial charge on any atom is 0.260 e. The van der Waals surface area contributed by atoms with Gasteiger partial charge in [-0.3, -0.25) is 9.69 Å². The van der Waals surface area contributed by atoms with Crippen LogP contribution in [0.1, 0.15) is 25.3 Å². The Balaban J connectivity index is 1.42. The molecule has 0 aromatic heterocycles. The van der Waals surface area contributed by atoms with Crippen LogP contribution in [0.4, 0.5) is 0 Å². The van der Waals surface area contributed by atoms with Crippen molar-refractivity contribution in [1.82, 2.24) is 10.2 Å². The van der Waals surface area contributed by atoms with E-state index in [1.165, 1.54) is 5.56 Å². The summed E-state index contributed by atoms with van der Waals surface area (Å²) in [5, 5.41) is 3.77. The van der Waals surface area contributed by atoms with Crippen molar-refractivity contribution in [3.05, 3.63) is 65.2 Å². The average Bonchev–Trinajstić information content (AvgIpc) is 2.66. The lowest BCUT2D eigenvalue weighted by Crippen LogP contribution is -2.47. The van der Waals surface area contributed by atoms with Gasteiger partial charge in [-0.25, -0.2) is 0 Å². The molecule has 1 aliphatic heterocycles. The van der Waals surface area contributed by atoms with Crippen LogP contribution in [0.25, 0.3) is 0 Å². The summed E-state index contributed by atoms with van der Waals surface area (Å²) in [6.07, 6.45) is 1.40. The molecule has 1 aliphatic rings. The molecule has 0 saturated carbocycles. The molecule has 1 heterocycles. The first-order valence-electron chi connectivity index (χ1n) is 9.09. The lowest BCUT2D eigenvalue weighted by Gasteiger charge is -2.32. The van der Waals surface area contributed by atoms with E-state index in [0.29, 0.717) is 10.8 Å². The Morgan fingerprint density at radius 1 is 1.15 bits per heavy atom. The van der Waals surface area contributed by atoms with Crippen LogP contribution in [0.3, 0.4) is 0 Å². The van der Waals surface area contributed by atoms with E-state index in [4.69, 9.17) is 16.3 Å². The van der Waals surface area contributed by atoms with Crippen LogP contribution in [0.2, 0.25) is 5.02 Å². The second kappa shape index (κ2) is 9.06. The van der Waals surface area contributed by atoms with Crippen LogP contribution >= 0.6 is 11.6 Å². The van der Waals surface area contributed by atoms with E-state index in [-0.39, 0.29) is 11.9 Å². The Morgan fingerprint density at radius 2 is 1.81 bits per heavy atom. The number of benzene rings is 2. The highest BCUT2D eigenvalue weighted by Gasteiger charge is 2.23. The van der Waals surface area contributed by atoms with Gasteiger partial charge in [-0.2, -0.15) is 0 Å². The number of rotatable bonds is 6. The van der Waals surface area contributed by atoms with Crippen molar-refractivity contribution in [3.8, 4) is 5.75 Å². The van der Waals surface area contributed by atoms with Crippen LogP contribution in [0.15, 0.2) is 54.6 Å². The van der Waals surface area contributed by atoms with Gasteiger partial charge in [-0.1, -0.05) is 41.9 Å². The molecule has 0 spiro atoms. The minimum absolute atomic E-state index is 0.0681. The van der Waals surface area contributed by atoms with Gasteiger partial charge in [-0.05, 0) is 49.6 Å². The number of ether oxygens (including phenoxy) is 1. The van der Waals surface area contributed by atoms with E-state index in [1.54, 1.807) is 31.2 Å². The van der Waals surface area contributed by atoms with Crippen LogP contribution in [0, 0.1) is 0 Å². The molecule has 138 valence electrons. The molecular formula is C21H25ClN2O2. The normalized spacial score (nSPS) is 16.8. The van der Waals surface area contributed by atoms with Gasteiger partial charge in [0.2, 0.25) is 0 Å². The third-order valence-corrected chi connectivity index (χ3v) is 4.93. The lowest BCUT2D eigenvalue weighted by atomic mass is 10.0. The van der Waals surface area contributed by atoms with E-state index in [9.17, 15) is 4.79 Å². The Labute approximate surface area is 160 Å². The number of hydrogen-bond acceptors (Lipinski definition) is 3. The van der Waals surface area contributed by atoms with E-state index in [0.717, 1.165) is 32.5 Å². The molecule has 1 saturated heterocycles. The zero-order chi connectivity index (χ0) is 18.4. The van der Waals surface area contributed by atoms with Crippen molar-refractivity contribution in [2.75, 3.05) is 13.1 Å². The molecule has 0 radical (unpaired) electrons. The Kier molecular flexibility index (Phi) is 6.53. The second-order valence-corrected chi connectivity index (χ2v) is 7.20. The standard InChI is InChI=1S/C21H25ClN2O2/c1-16(26-20-9-7-18(22)8-10-20)21(25)23-19-11-13-24(14-12-19)15-17-5-3-2-4-6-17/h2-10,16,19H,11-15H2,1H3,(H,23,25). The summed E-state index contributed by atoms with van der Waals surface area (Å²) in [6, 6.07) is 17.8. The third kappa shape index (κ3) is 5.48. The molecule has 0 aliphatic carbocycles. The topological polar surface area (TPSA) is 41.6 Å². The smallest absolute Gasteiger partial charge is 0.260 e. The molecule has 1 fully saturated rings. The second-order valence-electron chi connectivity index (χ2n) is 6.76. The lowest BCUT2D eigenvalue weighted by molar-refractivity contribution is -0.128. The van der Waals surface area contributed by atoms with Gasteiger partial charge in [0.05, 0.1) is 0 Å². The first kappa shape index (κ1) is 18.7. The Hall–Kier alpha value is -2.04. The van der Waals surface area contributed by atoms with Crippen molar-refractivity contribution in [2.45, 2.75) is 38.5 Å². The molecule has 4 nitrogen and oxygen atoms in total. The van der Waals surface area contributed by atoms with Crippen molar-refractivity contribution in [2.24, 2.45) is 0 Å². The number of hydrogen-bond donors (Lipinski definition) is 1. The van der Waals surface area contributed by atoms with Gasteiger partial charge in [0.25, 0.3) is 5.91 Å². The number of halogens is 1. The Bertz CT molecular complexity index is 698. The largest absolute Gasteiger partial charge is 0.481 e. The van der Waals surface area contributed by atoms with E-state index in [1.807, 2.05) is 6.07 Å². The van der Waals surface area contributed by atoms with Gasteiger partial charge < -0.3 is 10.1 Å². The quantitative estimate of drug-likeness (QED) is 0.836. The predicted octanol–water partition coefficient (Wildman–Crippen LogP) is 3.89. The summed E-state index contributed by atoms with van der Waals surface area (Å²) in [5.41, 5.74) is 1.33. The number of piperidine rings is 1. The average molecular weight is 373 g/mol. The fourth-order valence-electron chi connectivity index (χ4n) is 3.17. The maximum absolute atomic E-state index is 12.4.